The number of aliphatic hydroxyl groups excluding tert-OH is 1. The molecule has 2 heterocycles. The van der Waals surface area contributed by atoms with E-state index >= 15 is 0 Å². The van der Waals surface area contributed by atoms with Crippen molar-refractivity contribution in [2.24, 2.45) is 0 Å². The van der Waals surface area contributed by atoms with Crippen LogP contribution in [0.2, 0.25) is 0 Å². The fraction of sp³-hybridized carbons (Fsp3) is 0.185. The number of fused-ring (bicyclic) bond motifs is 1. The molecule has 3 aromatic rings. The number of benzene rings is 3. The van der Waals surface area contributed by atoms with Crippen molar-refractivity contribution in [2.45, 2.75) is 25.8 Å². The summed E-state index contributed by atoms with van der Waals surface area (Å²) in [5.74, 6) is -0.710. The first-order chi connectivity index (χ1) is 15.6. The first-order valence-electron chi connectivity index (χ1n) is 10.8. The van der Waals surface area contributed by atoms with E-state index in [0.29, 0.717) is 17.9 Å². The van der Waals surface area contributed by atoms with Crippen molar-refractivity contribution in [3.8, 4) is 5.75 Å². The lowest BCUT2D eigenvalue weighted by atomic mass is 9.93. The van der Waals surface area contributed by atoms with Crippen molar-refractivity contribution in [3.63, 3.8) is 0 Å². The number of nitrogens with zero attached hydrogens (tertiary/aromatic N) is 1. The van der Waals surface area contributed by atoms with Crippen LogP contribution >= 0.6 is 0 Å². The molecule has 5 heteroatoms. The third-order valence-electron chi connectivity index (χ3n) is 6.15. The zero-order valence-corrected chi connectivity index (χ0v) is 17.7. The molecule has 2 aliphatic heterocycles. The summed E-state index contributed by atoms with van der Waals surface area (Å²) < 4.78 is 5.56. The number of carbonyl (C=O) groups excluding carboxylic acids is 2. The lowest BCUT2D eigenvalue weighted by Crippen LogP contribution is -2.29. The molecule has 0 spiro atoms. The monoisotopic (exact) mass is 425 g/mol. The Balaban J connectivity index is 1.69. The number of hydrogen-bond acceptors (Lipinski definition) is 4. The van der Waals surface area contributed by atoms with E-state index in [1.165, 1.54) is 4.90 Å². The molecule has 0 bridgehead atoms. The van der Waals surface area contributed by atoms with E-state index in [4.69, 9.17) is 4.74 Å². The highest BCUT2D eigenvalue weighted by Gasteiger charge is 2.46. The molecular formula is C27H23NO4. The lowest BCUT2D eigenvalue weighted by Gasteiger charge is -2.25. The molecule has 1 N–H and O–H groups in total. The molecule has 2 aliphatic rings. The number of anilines is 1. The van der Waals surface area contributed by atoms with E-state index in [1.54, 1.807) is 24.3 Å². The van der Waals surface area contributed by atoms with Gasteiger partial charge in [0.15, 0.2) is 0 Å². The highest BCUT2D eigenvalue weighted by Crippen LogP contribution is 2.42. The number of Topliss-reactive ketones (excluding diaryl/α,β-unsaturated/α-hetero) is 1. The Kier molecular flexibility index (Phi) is 5.02. The Morgan fingerprint density at radius 1 is 1.03 bits per heavy atom. The normalized spacial score (nSPS) is 19.2. The van der Waals surface area contributed by atoms with Crippen LogP contribution in [0.25, 0.3) is 5.76 Å². The van der Waals surface area contributed by atoms with Crippen LogP contribution in [0.15, 0.2) is 78.4 Å². The van der Waals surface area contributed by atoms with Crippen LogP contribution in [-0.4, -0.2) is 23.4 Å². The van der Waals surface area contributed by atoms with Gasteiger partial charge in [-0.2, -0.15) is 0 Å². The molecule has 160 valence electrons. The van der Waals surface area contributed by atoms with Crippen LogP contribution in [0, 0.1) is 0 Å². The zero-order chi connectivity index (χ0) is 22.2. The average molecular weight is 425 g/mol. The summed E-state index contributed by atoms with van der Waals surface area (Å²) in [6.45, 7) is 2.67. The van der Waals surface area contributed by atoms with Gasteiger partial charge < -0.3 is 9.84 Å². The van der Waals surface area contributed by atoms with Crippen molar-refractivity contribution < 1.29 is 19.4 Å². The number of carbonyl (C=O) groups is 2. The molecular weight excluding hydrogens is 402 g/mol. The molecule has 0 radical (unpaired) electrons. The van der Waals surface area contributed by atoms with Gasteiger partial charge in [0, 0.05) is 17.7 Å². The molecule has 5 rings (SSSR count). The van der Waals surface area contributed by atoms with Crippen LogP contribution < -0.4 is 9.64 Å². The minimum absolute atomic E-state index is 0.0990. The SMILES string of the molecule is CCc1ccc(C2/C(=C(/O)c3ccc4c(c3)CCO4)C(=O)C(=O)N2c2ccccc2)cc1. The zero-order valence-electron chi connectivity index (χ0n) is 17.7. The predicted molar refractivity (Wildman–Crippen MR) is 123 cm³/mol. The minimum Gasteiger partial charge on any atom is -0.507 e. The molecule has 3 aromatic carbocycles. The van der Waals surface area contributed by atoms with Gasteiger partial charge >= 0.3 is 0 Å². The van der Waals surface area contributed by atoms with Gasteiger partial charge in [-0.15, -0.1) is 0 Å². The number of aryl methyl sites for hydroxylation is 1. The first kappa shape index (κ1) is 20.1. The van der Waals surface area contributed by atoms with Crippen molar-refractivity contribution in [2.75, 3.05) is 11.5 Å². The second kappa shape index (κ2) is 8.00. The van der Waals surface area contributed by atoms with Crippen LogP contribution in [0.1, 0.15) is 35.2 Å². The Labute approximate surface area is 186 Å². The number of rotatable bonds is 4. The van der Waals surface area contributed by atoms with E-state index in [2.05, 4.69) is 6.92 Å². The van der Waals surface area contributed by atoms with Crippen LogP contribution in [0.3, 0.4) is 0 Å². The maximum absolute atomic E-state index is 13.2. The van der Waals surface area contributed by atoms with E-state index in [1.807, 2.05) is 48.5 Å². The maximum atomic E-state index is 13.2. The largest absolute Gasteiger partial charge is 0.507 e. The van der Waals surface area contributed by atoms with Gasteiger partial charge in [-0.1, -0.05) is 49.4 Å². The standard InChI is InChI=1S/C27H23NO4/c1-2-17-8-10-18(11-9-17)24-23(25(29)20-12-13-22-19(16-20)14-15-32-22)26(30)27(31)28(24)21-6-4-3-5-7-21/h3-13,16,24,29H,2,14-15H2,1H3/b25-23-. The summed E-state index contributed by atoms with van der Waals surface area (Å²) >= 11 is 0. The van der Waals surface area contributed by atoms with Crippen LogP contribution in [0.4, 0.5) is 5.69 Å². The summed E-state index contributed by atoms with van der Waals surface area (Å²) in [5.41, 5.74) is 4.13. The van der Waals surface area contributed by atoms with E-state index in [0.717, 1.165) is 35.3 Å². The van der Waals surface area contributed by atoms with Gasteiger partial charge in [0.2, 0.25) is 0 Å². The van der Waals surface area contributed by atoms with E-state index in [-0.39, 0.29) is 11.3 Å². The molecule has 1 saturated heterocycles. The van der Waals surface area contributed by atoms with Gasteiger partial charge in [-0.05, 0) is 53.4 Å². The van der Waals surface area contributed by atoms with Crippen molar-refractivity contribution >= 4 is 23.1 Å². The highest BCUT2D eigenvalue weighted by molar-refractivity contribution is 6.51. The van der Waals surface area contributed by atoms with Crippen molar-refractivity contribution in [1.29, 1.82) is 0 Å². The highest BCUT2D eigenvalue weighted by atomic mass is 16.5. The Morgan fingerprint density at radius 3 is 2.50 bits per heavy atom. The summed E-state index contributed by atoms with van der Waals surface area (Å²) in [6, 6.07) is 21.6. The predicted octanol–water partition coefficient (Wildman–Crippen LogP) is 4.81. The fourth-order valence-corrected chi connectivity index (χ4v) is 4.43. The summed E-state index contributed by atoms with van der Waals surface area (Å²) in [6.07, 6.45) is 1.63. The Hall–Kier alpha value is -3.86. The van der Waals surface area contributed by atoms with Gasteiger partial charge in [0.1, 0.15) is 11.5 Å². The first-order valence-corrected chi connectivity index (χ1v) is 10.8. The van der Waals surface area contributed by atoms with Gasteiger partial charge in [0.25, 0.3) is 11.7 Å². The summed E-state index contributed by atoms with van der Waals surface area (Å²) in [5, 5.41) is 11.3. The molecule has 1 atom stereocenters. The molecule has 1 amide bonds. The van der Waals surface area contributed by atoms with Crippen LogP contribution in [-0.2, 0) is 22.4 Å². The second-order valence-electron chi connectivity index (χ2n) is 8.02. The molecule has 1 unspecified atom stereocenters. The average Bonchev–Trinajstić information content (AvgIpc) is 3.41. The van der Waals surface area contributed by atoms with E-state index in [9.17, 15) is 14.7 Å². The third-order valence-corrected chi connectivity index (χ3v) is 6.15. The molecule has 0 aliphatic carbocycles. The Morgan fingerprint density at radius 2 is 1.78 bits per heavy atom. The smallest absolute Gasteiger partial charge is 0.300 e. The van der Waals surface area contributed by atoms with E-state index < -0.39 is 17.7 Å². The van der Waals surface area contributed by atoms with Crippen molar-refractivity contribution in [1.82, 2.24) is 0 Å². The molecule has 1 fully saturated rings. The summed E-state index contributed by atoms with van der Waals surface area (Å²) in [7, 11) is 0. The molecule has 0 aromatic heterocycles. The fourth-order valence-electron chi connectivity index (χ4n) is 4.43. The van der Waals surface area contributed by atoms with Crippen molar-refractivity contribution in [3.05, 3.63) is 101 Å². The number of para-hydroxylation sites is 1. The van der Waals surface area contributed by atoms with Gasteiger partial charge in [-0.25, -0.2) is 0 Å². The number of hydrogen-bond donors (Lipinski definition) is 1. The lowest BCUT2D eigenvalue weighted by molar-refractivity contribution is -0.132. The number of amides is 1. The topological polar surface area (TPSA) is 66.8 Å². The summed E-state index contributed by atoms with van der Waals surface area (Å²) in [4.78, 5) is 27.8. The quantitative estimate of drug-likeness (QED) is 0.370. The molecule has 5 nitrogen and oxygen atoms in total. The molecule has 32 heavy (non-hydrogen) atoms. The van der Waals surface area contributed by atoms with Crippen LogP contribution in [0.5, 0.6) is 5.75 Å². The number of ether oxygens (including phenoxy) is 1. The Bertz CT molecular complexity index is 1230. The number of aliphatic hydroxyl groups is 1. The minimum atomic E-state index is -0.715. The van der Waals surface area contributed by atoms with Gasteiger partial charge in [-0.3, -0.25) is 14.5 Å². The third kappa shape index (κ3) is 3.26. The molecule has 0 saturated carbocycles. The van der Waals surface area contributed by atoms with Gasteiger partial charge in [0.05, 0.1) is 18.2 Å². The number of ketones is 1. The maximum Gasteiger partial charge on any atom is 0.300 e. The second-order valence-corrected chi connectivity index (χ2v) is 8.02.